The summed E-state index contributed by atoms with van der Waals surface area (Å²) in [6.07, 6.45) is 6.84. The summed E-state index contributed by atoms with van der Waals surface area (Å²) in [6.45, 7) is 4.92. The van der Waals surface area contributed by atoms with Crippen LogP contribution in [0.1, 0.15) is 63.0 Å². The molecule has 0 aromatic heterocycles. The van der Waals surface area contributed by atoms with Gasteiger partial charge in [-0.25, -0.2) is 0 Å². The molecule has 1 spiro atoms. The number of aliphatic hydroxyl groups is 2. The summed E-state index contributed by atoms with van der Waals surface area (Å²) in [5.41, 5.74) is 1.11. The molecular weight excluding hydrogens is 366 g/mol. The number of hydrogen-bond donors (Lipinski definition) is 2. The number of benzene rings is 1. The average molecular weight is 400 g/mol. The summed E-state index contributed by atoms with van der Waals surface area (Å²) in [4.78, 5) is 2.56. The van der Waals surface area contributed by atoms with E-state index >= 15 is 0 Å². The van der Waals surface area contributed by atoms with E-state index in [0.717, 1.165) is 61.8 Å². The molecule has 6 rings (SSSR count). The highest BCUT2D eigenvalue weighted by Crippen LogP contribution is 2.65. The van der Waals surface area contributed by atoms with Gasteiger partial charge < -0.3 is 19.7 Å². The third-order valence-electron chi connectivity index (χ3n) is 8.47. The summed E-state index contributed by atoms with van der Waals surface area (Å²) in [5.74, 6) is 2.40. The Bertz CT molecular complexity index is 823. The van der Waals surface area contributed by atoms with E-state index in [2.05, 4.69) is 24.0 Å². The molecule has 1 aromatic rings. The van der Waals surface area contributed by atoms with Crippen molar-refractivity contribution >= 4 is 0 Å². The minimum absolute atomic E-state index is 0.126. The van der Waals surface area contributed by atoms with Gasteiger partial charge in [0.05, 0.1) is 23.7 Å². The number of aliphatic hydroxyl groups excluding tert-OH is 1. The summed E-state index contributed by atoms with van der Waals surface area (Å²) in [6, 6.07) is 4.37. The Kier molecular flexibility index (Phi) is 4.04. The van der Waals surface area contributed by atoms with Crippen LogP contribution in [0.5, 0.6) is 11.5 Å². The van der Waals surface area contributed by atoms with Crippen molar-refractivity contribution in [3.8, 4) is 11.5 Å². The predicted molar refractivity (Wildman–Crippen MR) is 110 cm³/mol. The van der Waals surface area contributed by atoms with Gasteiger partial charge in [-0.2, -0.15) is 0 Å². The molecule has 5 heteroatoms. The molecule has 2 bridgehead atoms. The molecule has 0 amide bonds. The molecular formula is C24H33NO4. The second-order valence-corrected chi connectivity index (χ2v) is 10.1. The van der Waals surface area contributed by atoms with Crippen LogP contribution in [0.3, 0.4) is 0 Å². The topological polar surface area (TPSA) is 62.2 Å². The quantitative estimate of drug-likeness (QED) is 0.721. The number of ether oxygens (including phenoxy) is 2. The standard InChI is InChI=1S/C24H33NO4/c1-2-3-12-28-18-7-6-16-13-19-24(27)9-8-17(26)22-23(24,20(16)21(18)29-22)10-11-25(19)14-15-4-5-15/h6-7,15,17,19,22,26-27H,2-5,8-14H2,1H3/t17-,19-,22?,23+,24-/m1/s1. The molecule has 1 aromatic carbocycles. The number of nitrogens with zero attached hydrogens (tertiary/aromatic N) is 1. The van der Waals surface area contributed by atoms with Gasteiger partial charge in [0.25, 0.3) is 0 Å². The van der Waals surface area contributed by atoms with Crippen molar-refractivity contribution in [2.45, 2.75) is 87.6 Å². The average Bonchev–Trinajstić information content (AvgIpc) is 3.45. The van der Waals surface area contributed by atoms with E-state index in [1.54, 1.807) is 0 Å². The highest BCUT2D eigenvalue weighted by Gasteiger charge is 2.73. The highest BCUT2D eigenvalue weighted by molar-refractivity contribution is 5.63. The SMILES string of the molecule is CCCCOc1ccc2c3c1OC1[C@H](O)CC[C@@]4(O)[C@@H](C2)N(CC2CC2)CC[C@]314. The van der Waals surface area contributed by atoms with Crippen LogP contribution in [-0.4, -0.2) is 58.7 Å². The smallest absolute Gasteiger partial charge is 0.166 e. The van der Waals surface area contributed by atoms with Crippen LogP contribution < -0.4 is 9.47 Å². The van der Waals surface area contributed by atoms with E-state index in [4.69, 9.17) is 9.47 Å². The van der Waals surface area contributed by atoms with E-state index in [1.165, 1.54) is 18.4 Å². The Morgan fingerprint density at radius 1 is 1.24 bits per heavy atom. The fourth-order valence-electron chi connectivity index (χ4n) is 6.88. The number of hydrogen-bond acceptors (Lipinski definition) is 5. The van der Waals surface area contributed by atoms with Crippen LogP contribution >= 0.6 is 0 Å². The van der Waals surface area contributed by atoms with E-state index < -0.39 is 17.1 Å². The van der Waals surface area contributed by atoms with Gasteiger partial charge >= 0.3 is 0 Å². The molecule has 1 unspecified atom stereocenters. The van der Waals surface area contributed by atoms with Crippen LogP contribution in [0.25, 0.3) is 0 Å². The van der Waals surface area contributed by atoms with Gasteiger partial charge in [0.1, 0.15) is 6.10 Å². The van der Waals surface area contributed by atoms with Crippen LogP contribution in [0.4, 0.5) is 0 Å². The first-order valence-corrected chi connectivity index (χ1v) is 11.7. The summed E-state index contributed by atoms with van der Waals surface area (Å²) < 4.78 is 12.6. The fourth-order valence-corrected chi connectivity index (χ4v) is 6.88. The largest absolute Gasteiger partial charge is 0.490 e. The van der Waals surface area contributed by atoms with Crippen molar-refractivity contribution in [1.82, 2.24) is 4.90 Å². The van der Waals surface area contributed by atoms with Crippen LogP contribution in [0.2, 0.25) is 0 Å². The molecule has 5 nitrogen and oxygen atoms in total. The maximum absolute atomic E-state index is 12.3. The minimum atomic E-state index is -0.829. The third kappa shape index (κ3) is 2.38. The molecule has 5 aliphatic rings. The summed E-state index contributed by atoms with van der Waals surface area (Å²) in [5, 5.41) is 23.2. The van der Waals surface area contributed by atoms with Crippen molar-refractivity contribution in [3.05, 3.63) is 23.3 Å². The fraction of sp³-hybridized carbons (Fsp3) is 0.750. The normalized spacial score (nSPS) is 39.8. The molecule has 5 atom stereocenters. The molecule has 3 aliphatic carbocycles. The second kappa shape index (κ2) is 6.35. The molecule has 2 heterocycles. The Balaban J connectivity index is 1.46. The lowest BCUT2D eigenvalue weighted by molar-refractivity contribution is -0.208. The number of rotatable bonds is 6. The first kappa shape index (κ1) is 18.5. The zero-order valence-electron chi connectivity index (χ0n) is 17.4. The molecule has 3 fully saturated rings. The third-order valence-corrected chi connectivity index (χ3v) is 8.47. The summed E-state index contributed by atoms with van der Waals surface area (Å²) in [7, 11) is 0. The lowest BCUT2D eigenvalue weighted by atomic mass is 9.48. The second-order valence-electron chi connectivity index (χ2n) is 10.1. The minimum Gasteiger partial charge on any atom is -0.490 e. The lowest BCUT2D eigenvalue weighted by Gasteiger charge is -2.63. The first-order valence-electron chi connectivity index (χ1n) is 11.7. The van der Waals surface area contributed by atoms with Gasteiger partial charge in [-0.1, -0.05) is 19.4 Å². The lowest BCUT2D eigenvalue weighted by Crippen LogP contribution is -2.77. The predicted octanol–water partition coefficient (Wildman–Crippen LogP) is 2.79. The van der Waals surface area contributed by atoms with Gasteiger partial charge in [0, 0.05) is 18.2 Å². The first-order chi connectivity index (χ1) is 14.1. The maximum Gasteiger partial charge on any atom is 0.166 e. The molecule has 2 saturated carbocycles. The van der Waals surface area contributed by atoms with Crippen LogP contribution in [0.15, 0.2) is 12.1 Å². The van der Waals surface area contributed by atoms with Gasteiger partial charge in [-0.3, -0.25) is 4.90 Å². The van der Waals surface area contributed by atoms with Crippen molar-refractivity contribution < 1.29 is 19.7 Å². The molecule has 1 saturated heterocycles. The number of unbranched alkanes of at least 4 members (excludes halogenated alkanes) is 1. The molecule has 2 aliphatic heterocycles. The van der Waals surface area contributed by atoms with Crippen molar-refractivity contribution in [3.63, 3.8) is 0 Å². The number of likely N-dealkylation sites (tertiary alicyclic amines) is 1. The Morgan fingerprint density at radius 2 is 2.10 bits per heavy atom. The van der Waals surface area contributed by atoms with Crippen LogP contribution in [-0.2, 0) is 11.8 Å². The molecule has 158 valence electrons. The summed E-state index contributed by atoms with van der Waals surface area (Å²) >= 11 is 0. The zero-order chi connectivity index (χ0) is 19.8. The van der Waals surface area contributed by atoms with Crippen LogP contribution in [0, 0.1) is 5.92 Å². The highest BCUT2D eigenvalue weighted by atomic mass is 16.5. The van der Waals surface area contributed by atoms with Crippen molar-refractivity contribution in [2.75, 3.05) is 19.7 Å². The Labute approximate surface area is 173 Å². The van der Waals surface area contributed by atoms with Gasteiger partial charge in [0.2, 0.25) is 0 Å². The maximum atomic E-state index is 12.3. The zero-order valence-corrected chi connectivity index (χ0v) is 17.4. The molecule has 29 heavy (non-hydrogen) atoms. The van der Waals surface area contributed by atoms with E-state index in [9.17, 15) is 10.2 Å². The molecule has 0 radical (unpaired) electrons. The van der Waals surface area contributed by atoms with E-state index in [1.807, 2.05) is 0 Å². The van der Waals surface area contributed by atoms with Gasteiger partial charge in [-0.15, -0.1) is 0 Å². The van der Waals surface area contributed by atoms with E-state index in [0.29, 0.717) is 19.4 Å². The van der Waals surface area contributed by atoms with Gasteiger partial charge in [0.15, 0.2) is 11.5 Å². The Morgan fingerprint density at radius 3 is 2.90 bits per heavy atom. The van der Waals surface area contributed by atoms with E-state index in [-0.39, 0.29) is 12.1 Å². The number of piperidine rings is 1. The van der Waals surface area contributed by atoms with Crippen molar-refractivity contribution in [2.24, 2.45) is 5.92 Å². The van der Waals surface area contributed by atoms with Crippen molar-refractivity contribution in [1.29, 1.82) is 0 Å². The van der Waals surface area contributed by atoms with Gasteiger partial charge in [-0.05, 0) is 69.0 Å². The monoisotopic (exact) mass is 399 g/mol. The Hall–Kier alpha value is -1.30. The molecule has 2 N–H and O–H groups in total.